The third kappa shape index (κ3) is 7.48. The molecule has 0 aromatic heterocycles. The van der Waals surface area contributed by atoms with Gasteiger partial charge < -0.3 is 0 Å². The van der Waals surface area contributed by atoms with E-state index in [0.29, 0.717) is 0 Å². The molecule has 0 saturated carbocycles. The molecular weight excluding hydrogens is 108 g/mol. The lowest BCUT2D eigenvalue weighted by molar-refractivity contribution is 1.04. The first-order valence-electron chi connectivity index (χ1n) is 3.37. The SMILES string of the molecule is [CH2]C(C)=CCCC=CC. The molecule has 0 aliphatic rings. The van der Waals surface area contributed by atoms with E-state index in [1.165, 1.54) is 5.57 Å². The monoisotopic (exact) mass is 123 g/mol. The summed E-state index contributed by atoms with van der Waals surface area (Å²) < 4.78 is 0. The van der Waals surface area contributed by atoms with Crippen LogP contribution in [0.5, 0.6) is 0 Å². The highest BCUT2D eigenvalue weighted by molar-refractivity contribution is 5.01. The van der Waals surface area contributed by atoms with Crippen LogP contribution < -0.4 is 0 Å². The fraction of sp³-hybridized carbons (Fsp3) is 0.444. The Morgan fingerprint density at radius 1 is 1.44 bits per heavy atom. The summed E-state index contributed by atoms with van der Waals surface area (Å²) in [5.74, 6) is 0. The van der Waals surface area contributed by atoms with Gasteiger partial charge in [0.05, 0.1) is 0 Å². The van der Waals surface area contributed by atoms with Gasteiger partial charge in [-0.2, -0.15) is 0 Å². The average molecular weight is 123 g/mol. The van der Waals surface area contributed by atoms with E-state index in [1.807, 2.05) is 13.8 Å². The molecular formula is C9H15. The van der Waals surface area contributed by atoms with E-state index in [1.54, 1.807) is 0 Å². The van der Waals surface area contributed by atoms with E-state index < -0.39 is 0 Å². The third-order valence-corrected chi connectivity index (χ3v) is 1.06. The molecule has 0 N–H and O–H groups in total. The van der Waals surface area contributed by atoms with Crippen LogP contribution in [0.1, 0.15) is 26.7 Å². The Morgan fingerprint density at radius 2 is 2.11 bits per heavy atom. The number of hydrogen-bond donors (Lipinski definition) is 0. The van der Waals surface area contributed by atoms with E-state index in [2.05, 4.69) is 25.2 Å². The third-order valence-electron chi connectivity index (χ3n) is 1.06. The molecule has 0 saturated heterocycles. The fourth-order valence-electron chi connectivity index (χ4n) is 0.593. The van der Waals surface area contributed by atoms with E-state index in [4.69, 9.17) is 0 Å². The van der Waals surface area contributed by atoms with Crippen LogP contribution in [-0.4, -0.2) is 0 Å². The Balaban J connectivity index is 3.20. The van der Waals surface area contributed by atoms with Crippen LogP contribution in [0.4, 0.5) is 0 Å². The predicted molar refractivity (Wildman–Crippen MR) is 43.2 cm³/mol. The van der Waals surface area contributed by atoms with Gasteiger partial charge in [-0.25, -0.2) is 0 Å². The van der Waals surface area contributed by atoms with Crippen molar-refractivity contribution in [1.82, 2.24) is 0 Å². The Bertz CT molecular complexity index is 103. The fourth-order valence-corrected chi connectivity index (χ4v) is 0.593. The number of allylic oxidation sites excluding steroid dienone is 4. The molecule has 9 heavy (non-hydrogen) atoms. The summed E-state index contributed by atoms with van der Waals surface area (Å²) in [6.45, 7) is 7.84. The highest BCUT2D eigenvalue weighted by Gasteiger charge is 1.76. The first kappa shape index (κ1) is 8.48. The van der Waals surface area contributed by atoms with Gasteiger partial charge in [0.15, 0.2) is 0 Å². The summed E-state index contributed by atoms with van der Waals surface area (Å²) in [6.07, 6.45) is 8.66. The molecule has 0 nitrogen and oxygen atoms in total. The minimum atomic E-state index is 1.12. The van der Waals surface area contributed by atoms with Gasteiger partial charge in [-0.1, -0.05) is 23.8 Å². The van der Waals surface area contributed by atoms with Crippen LogP contribution in [0.25, 0.3) is 0 Å². The Hall–Kier alpha value is -0.520. The molecule has 0 rings (SSSR count). The highest BCUT2D eigenvalue weighted by Crippen LogP contribution is 1.96. The molecule has 0 heterocycles. The van der Waals surface area contributed by atoms with Crippen molar-refractivity contribution in [1.29, 1.82) is 0 Å². The van der Waals surface area contributed by atoms with Crippen LogP contribution in [-0.2, 0) is 0 Å². The molecule has 0 aromatic carbocycles. The Morgan fingerprint density at radius 3 is 2.56 bits per heavy atom. The van der Waals surface area contributed by atoms with Crippen LogP contribution in [0.15, 0.2) is 23.8 Å². The number of rotatable bonds is 3. The summed E-state index contributed by atoms with van der Waals surface area (Å²) in [5.41, 5.74) is 1.17. The van der Waals surface area contributed by atoms with Gasteiger partial charge in [-0.15, -0.1) is 0 Å². The van der Waals surface area contributed by atoms with Gasteiger partial charge in [-0.05, 0) is 33.6 Å². The maximum atomic E-state index is 3.77. The molecule has 0 atom stereocenters. The van der Waals surface area contributed by atoms with E-state index >= 15 is 0 Å². The van der Waals surface area contributed by atoms with Gasteiger partial charge in [-0.3, -0.25) is 0 Å². The summed E-state index contributed by atoms with van der Waals surface area (Å²) in [5, 5.41) is 0. The van der Waals surface area contributed by atoms with Gasteiger partial charge in [0.25, 0.3) is 0 Å². The predicted octanol–water partition coefficient (Wildman–Crippen LogP) is 3.12. The van der Waals surface area contributed by atoms with Crippen LogP contribution in [0, 0.1) is 6.92 Å². The van der Waals surface area contributed by atoms with E-state index in [9.17, 15) is 0 Å². The van der Waals surface area contributed by atoms with Crippen molar-refractivity contribution in [2.75, 3.05) is 0 Å². The van der Waals surface area contributed by atoms with Crippen molar-refractivity contribution in [2.45, 2.75) is 26.7 Å². The van der Waals surface area contributed by atoms with Crippen LogP contribution >= 0.6 is 0 Å². The molecule has 0 fully saturated rings. The van der Waals surface area contributed by atoms with Crippen molar-refractivity contribution < 1.29 is 0 Å². The molecule has 0 bridgehead atoms. The lowest BCUT2D eigenvalue weighted by Gasteiger charge is -1.87. The molecule has 0 amide bonds. The summed E-state index contributed by atoms with van der Waals surface area (Å²) in [7, 11) is 0. The minimum Gasteiger partial charge on any atom is -0.0917 e. The lowest BCUT2D eigenvalue weighted by Crippen LogP contribution is -1.66. The second kappa shape index (κ2) is 5.61. The first-order chi connectivity index (χ1) is 4.27. The summed E-state index contributed by atoms with van der Waals surface area (Å²) >= 11 is 0. The summed E-state index contributed by atoms with van der Waals surface area (Å²) in [4.78, 5) is 0. The summed E-state index contributed by atoms with van der Waals surface area (Å²) in [6, 6.07) is 0. The normalized spacial score (nSPS) is 13.0. The van der Waals surface area contributed by atoms with E-state index in [-0.39, 0.29) is 0 Å². The molecule has 0 aliphatic heterocycles. The van der Waals surface area contributed by atoms with Crippen molar-refractivity contribution in [3.63, 3.8) is 0 Å². The van der Waals surface area contributed by atoms with Crippen molar-refractivity contribution in [3.8, 4) is 0 Å². The second-order valence-electron chi connectivity index (χ2n) is 2.20. The number of unbranched alkanes of at least 4 members (excludes halogenated alkanes) is 1. The first-order valence-corrected chi connectivity index (χ1v) is 3.37. The maximum Gasteiger partial charge on any atom is -0.0286 e. The van der Waals surface area contributed by atoms with Gasteiger partial charge >= 0.3 is 0 Å². The van der Waals surface area contributed by atoms with Crippen molar-refractivity contribution in [2.24, 2.45) is 0 Å². The maximum absolute atomic E-state index is 3.77. The molecule has 51 valence electrons. The quantitative estimate of drug-likeness (QED) is 0.399. The van der Waals surface area contributed by atoms with E-state index in [0.717, 1.165) is 12.8 Å². The van der Waals surface area contributed by atoms with Crippen molar-refractivity contribution >= 4 is 0 Å². The second-order valence-corrected chi connectivity index (χ2v) is 2.20. The molecule has 0 aromatic rings. The number of hydrogen-bond acceptors (Lipinski definition) is 0. The molecule has 0 heteroatoms. The molecule has 0 unspecified atom stereocenters. The highest BCUT2D eigenvalue weighted by atomic mass is 13.8. The zero-order valence-electron chi connectivity index (χ0n) is 6.35. The van der Waals surface area contributed by atoms with Crippen LogP contribution in [0.3, 0.4) is 0 Å². The zero-order chi connectivity index (χ0) is 7.11. The molecule has 0 aliphatic carbocycles. The molecule has 1 radical (unpaired) electrons. The van der Waals surface area contributed by atoms with Crippen LogP contribution in [0.2, 0.25) is 0 Å². The van der Waals surface area contributed by atoms with Gasteiger partial charge in [0, 0.05) is 0 Å². The minimum absolute atomic E-state index is 1.12. The average Bonchev–Trinajstić information content (AvgIpc) is 1.80. The largest absolute Gasteiger partial charge is 0.0917 e. The lowest BCUT2D eigenvalue weighted by atomic mass is 10.2. The Kier molecular flexibility index (Phi) is 5.29. The smallest absolute Gasteiger partial charge is 0.0286 e. The standard InChI is InChI=1S/C9H15/c1-4-5-6-7-8-9(2)3/h4-5,8H,2,6-7H2,1,3H3. The van der Waals surface area contributed by atoms with Gasteiger partial charge in [0.2, 0.25) is 0 Å². The Labute approximate surface area is 58.3 Å². The van der Waals surface area contributed by atoms with Crippen molar-refractivity contribution in [3.05, 3.63) is 30.7 Å². The van der Waals surface area contributed by atoms with Gasteiger partial charge in [0.1, 0.15) is 0 Å². The molecule has 0 spiro atoms. The zero-order valence-corrected chi connectivity index (χ0v) is 6.35. The topological polar surface area (TPSA) is 0 Å².